The average molecular weight is 356 g/mol. The molecule has 116 valence electrons. The number of halogens is 1. The molecule has 0 aromatic heterocycles. The summed E-state index contributed by atoms with van der Waals surface area (Å²) in [6.45, 7) is 2.75. The van der Waals surface area contributed by atoms with Crippen molar-refractivity contribution in [2.75, 3.05) is 19.8 Å². The lowest BCUT2D eigenvalue weighted by Gasteiger charge is -2.22. The van der Waals surface area contributed by atoms with E-state index < -0.39 is 5.60 Å². The third-order valence-electron chi connectivity index (χ3n) is 4.18. The van der Waals surface area contributed by atoms with Gasteiger partial charge in [0.2, 0.25) is 0 Å². The van der Waals surface area contributed by atoms with Gasteiger partial charge < -0.3 is 19.9 Å². The lowest BCUT2D eigenvalue weighted by Crippen LogP contribution is -2.37. The Bertz CT molecular complexity index is 501. The van der Waals surface area contributed by atoms with Gasteiger partial charge in [-0.3, -0.25) is 0 Å². The molecule has 0 radical (unpaired) electrons. The van der Waals surface area contributed by atoms with Crippen molar-refractivity contribution in [1.82, 2.24) is 5.32 Å². The molecule has 2 N–H and O–H groups in total. The highest BCUT2D eigenvalue weighted by molar-refractivity contribution is 9.10. The molecule has 1 aliphatic heterocycles. The monoisotopic (exact) mass is 355 g/mol. The van der Waals surface area contributed by atoms with Crippen LogP contribution in [-0.2, 0) is 6.54 Å². The van der Waals surface area contributed by atoms with Gasteiger partial charge in [0.05, 0.1) is 23.3 Å². The molecule has 3 rings (SSSR count). The normalized spacial score (nSPS) is 20.3. The third kappa shape index (κ3) is 3.71. The third-order valence-corrected chi connectivity index (χ3v) is 4.77. The van der Waals surface area contributed by atoms with Crippen molar-refractivity contribution in [3.05, 3.63) is 22.2 Å². The number of ether oxygens (including phenoxy) is 2. The number of fused-ring (bicyclic) bond motifs is 1. The molecule has 2 aliphatic rings. The molecule has 0 bridgehead atoms. The zero-order valence-electron chi connectivity index (χ0n) is 12.2. The molecule has 0 unspecified atom stereocenters. The number of hydrogen-bond donors (Lipinski definition) is 2. The molecule has 1 heterocycles. The number of rotatable bonds is 4. The van der Waals surface area contributed by atoms with Crippen molar-refractivity contribution in [3.8, 4) is 11.5 Å². The highest BCUT2D eigenvalue weighted by Gasteiger charge is 2.30. The minimum absolute atomic E-state index is 0.511. The Morgan fingerprint density at radius 3 is 2.71 bits per heavy atom. The highest BCUT2D eigenvalue weighted by atomic mass is 79.9. The summed E-state index contributed by atoms with van der Waals surface area (Å²) < 4.78 is 12.4. The van der Waals surface area contributed by atoms with E-state index in [0.717, 1.165) is 60.2 Å². The topological polar surface area (TPSA) is 50.7 Å². The summed E-state index contributed by atoms with van der Waals surface area (Å²) in [5, 5.41) is 13.7. The standard InChI is InChI=1S/C16H22BrNO3/c17-13-8-12(9-14-15(13)21-7-3-6-20-14)10-18-11-16(19)4-1-2-5-16/h8-9,18-19H,1-7,10-11H2. The molecule has 5 heteroatoms. The summed E-state index contributed by atoms with van der Waals surface area (Å²) >= 11 is 3.55. The van der Waals surface area contributed by atoms with Gasteiger partial charge in [-0.2, -0.15) is 0 Å². The van der Waals surface area contributed by atoms with Crippen LogP contribution in [0.25, 0.3) is 0 Å². The van der Waals surface area contributed by atoms with Crippen LogP contribution in [0.1, 0.15) is 37.7 Å². The van der Waals surface area contributed by atoms with Gasteiger partial charge in [-0.1, -0.05) is 12.8 Å². The lowest BCUT2D eigenvalue weighted by atomic mass is 10.0. The SMILES string of the molecule is OC1(CNCc2cc(Br)c3c(c2)OCCCO3)CCCC1. The Morgan fingerprint density at radius 1 is 1.14 bits per heavy atom. The summed E-state index contributed by atoms with van der Waals surface area (Å²) in [5.41, 5.74) is 0.621. The second-order valence-electron chi connectivity index (χ2n) is 5.99. The Hall–Kier alpha value is -0.780. The van der Waals surface area contributed by atoms with Crippen molar-refractivity contribution in [2.24, 2.45) is 0 Å². The van der Waals surface area contributed by atoms with Gasteiger partial charge >= 0.3 is 0 Å². The maximum atomic E-state index is 10.3. The van der Waals surface area contributed by atoms with E-state index in [-0.39, 0.29) is 0 Å². The number of hydrogen-bond acceptors (Lipinski definition) is 4. The zero-order valence-corrected chi connectivity index (χ0v) is 13.7. The van der Waals surface area contributed by atoms with Crippen molar-refractivity contribution in [1.29, 1.82) is 0 Å². The van der Waals surface area contributed by atoms with E-state index >= 15 is 0 Å². The van der Waals surface area contributed by atoms with E-state index in [1.807, 2.05) is 6.07 Å². The summed E-state index contributed by atoms with van der Waals surface area (Å²) in [6.07, 6.45) is 4.99. The summed E-state index contributed by atoms with van der Waals surface area (Å²) in [6, 6.07) is 4.08. The number of nitrogens with one attached hydrogen (secondary N) is 1. The van der Waals surface area contributed by atoms with Crippen LogP contribution >= 0.6 is 15.9 Å². The predicted octanol–water partition coefficient (Wildman–Crippen LogP) is 3.01. The van der Waals surface area contributed by atoms with Crippen LogP contribution in [0.4, 0.5) is 0 Å². The fraction of sp³-hybridized carbons (Fsp3) is 0.625. The summed E-state index contributed by atoms with van der Waals surface area (Å²) in [4.78, 5) is 0. The van der Waals surface area contributed by atoms with Gasteiger partial charge in [0.25, 0.3) is 0 Å². The van der Waals surface area contributed by atoms with E-state index in [9.17, 15) is 5.11 Å². The minimum atomic E-state index is -0.511. The molecule has 4 nitrogen and oxygen atoms in total. The lowest BCUT2D eigenvalue weighted by molar-refractivity contribution is 0.0475. The first-order chi connectivity index (χ1) is 10.2. The fourth-order valence-electron chi connectivity index (χ4n) is 3.04. The van der Waals surface area contributed by atoms with Crippen LogP contribution in [0.3, 0.4) is 0 Å². The van der Waals surface area contributed by atoms with Crippen LogP contribution in [0.2, 0.25) is 0 Å². The first kappa shape index (κ1) is 15.1. The van der Waals surface area contributed by atoms with Crippen molar-refractivity contribution >= 4 is 15.9 Å². The van der Waals surface area contributed by atoms with Crippen molar-refractivity contribution in [3.63, 3.8) is 0 Å². The van der Waals surface area contributed by atoms with Crippen LogP contribution in [0, 0.1) is 0 Å². The molecule has 1 aliphatic carbocycles. The molecular formula is C16H22BrNO3. The van der Waals surface area contributed by atoms with Crippen LogP contribution in [0.5, 0.6) is 11.5 Å². The largest absolute Gasteiger partial charge is 0.490 e. The van der Waals surface area contributed by atoms with Crippen molar-refractivity contribution < 1.29 is 14.6 Å². The van der Waals surface area contributed by atoms with Gasteiger partial charge in [-0.05, 0) is 46.5 Å². The van der Waals surface area contributed by atoms with E-state index in [0.29, 0.717) is 19.8 Å². The fourth-order valence-corrected chi connectivity index (χ4v) is 3.64. The molecule has 0 amide bonds. The Labute approximate surface area is 134 Å². The average Bonchev–Trinajstić information content (AvgIpc) is 2.73. The Balaban J connectivity index is 1.63. The van der Waals surface area contributed by atoms with Crippen LogP contribution in [0.15, 0.2) is 16.6 Å². The van der Waals surface area contributed by atoms with E-state index in [2.05, 4.69) is 27.3 Å². The molecular weight excluding hydrogens is 334 g/mol. The Morgan fingerprint density at radius 2 is 1.90 bits per heavy atom. The van der Waals surface area contributed by atoms with E-state index in [1.54, 1.807) is 0 Å². The quantitative estimate of drug-likeness (QED) is 0.871. The summed E-state index contributed by atoms with van der Waals surface area (Å²) in [7, 11) is 0. The number of benzene rings is 1. The number of aliphatic hydroxyl groups is 1. The predicted molar refractivity (Wildman–Crippen MR) is 84.9 cm³/mol. The highest BCUT2D eigenvalue weighted by Crippen LogP contribution is 2.38. The van der Waals surface area contributed by atoms with Gasteiger partial charge in [0, 0.05) is 19.5 Å². The minimum Gasteiger partial charge on any atom is -0.490 e. The van der Waals surface area contributed by atoms with Crippen LogP contribution in [-0.4, -0.2) is 30.5 Å². The van der Waals surface area contributed by atoms with Crippen molar-refractivity contribution in [2.45, 2.75) is 44.2 Å². The second kappa shape index (κ2) is 6.55. The van der Waals surface area contributed by atoms with Gasteiger partial charge in [0.1, 0.15) is 0 Å². The van der Waals surface area contributed by atoms with E-state index in [1.165, 1.54) is 0 Å². The first-order valence-corrected chi connectivity index (χ1v) is 8.47. The smallest absolute Gasteiger partial charge is 0.175 e. The Kier molecular flexibility index (Phi) is 4.72. The molecule has 21 heavy (non-hydrogen) atoms. The van der Waals surface area contributed by atoms with E-state index in [4.69, 9.17) is 9.47 Å². The summed E-state index contributed by atoms with van der Waals surface area (Å²) in [5.74, 6) is 1.60. The molecule has 1 saturated carbocycles. The first-order valence-electron chi connectivity index (χ1n) is 7.67. The molecule has 1 fully saturated rings. The molecule has 1 aromatic rings. The van der Waals surface area contributed by atoms with Crippen LogP contribution < -0.4 is 14.8 Å². The maximum Gasteiger partial charge on any atom is 0.175 e. The molecule has 0 saturated heterocycles. The molecule has 0 spiro atoms. The van der Waals surface area contributed by atoms with Gasteiger partial charge in [-0.15, -0.1) is 0 Å². The molecule has 0 atom stereocenters. The second-order valence-corrected chi connectivity index (χ2v) is 6.84. The maximum absolute atomic E-state index is 10.3. The molecule has 1 aromatic carbocycles. The van der Waals surface area contributed by atoms with Gasteiger partial charge in [-0.25, -0.2) is 0 Å². The van der Waals surface area contributed by atoms with Gasteiger partial charge in [0.15, 0.2) is 11.5 Å². The zero-order chi connectivity index (χ0) is 14.7.